The van der Waals surface area contributed by atoms with E-state index < -0.39 is 11.6 Å². The highest BCUT2D eigenvalue weighted by molar-refractivity contribution is 9.09. The molecule has 0 amide bonds. The Morgan fingerprint density at radius 1 is 1.23 bits per heavy atom. The van der Waals surface area contributed by atoms with Gasteiger partial charge in [0.1, 0.15) is 28.1 Å². The molecule has 0 spiro atoms. The molecule has 0 saturated heterocycles. The van der Waals surface area contributed by atoms with Crippen LogP contribution in [-0.4, -0.2) is 17.1 Å². The normalized spacial score (nSPS) is 11.1. The molecule has 0 bridgehead atoms. The fourth-order valence-electron chi connectivity index (χ4n) is 2.09. The average Bonchev–Trinajstić information content (AvgIpc) is 2.94. The zero-order chi connectivity index (χ0) is 15.7. The first-order chi connectivity index (χ1) is 10.6. The molecule has 3 nitrogen and oxygen atoms in total. The summed E-state index contributed by atoms with van der Waals surface area (Å²) in [5.41, 5.74) is 0.484. The number of hydrogen-bond donors (Lipinski definition) is 0. The van der Waals surface area contributed by atoms with Gasteiger partial charge in [0.05, 0.1) is 12.0 Å². The van der Waals surface area contributed by atoms with Crippen molar-refractivity contribution in [2.24, 2.45) is 0 Å². The Bertz CT molecular complexity index is 838. The monoisotopic (exact) mass is 387 g/mol. The molecular formula is C15H9BrClF2NO2. The van der Waals surface area contributed by atoms with Crippen molar-refractivity contribution < 1.29 is 18.0 Å². The van der Waals surface area contributed by atoms with Crippen molar-refractivity contribution in [1.82, 2.24) is 5.16 Å². The molecule has 3 aromatic rings. The van der Waals surface area contributed by atoms with Gasteiger partial charge in [-0.3, -0.25) is 0 Å². The molecule has 3 rings (SSSR count). The van der Waals surface area contributed by atoms with Gasteiger partial charge in [-0.2, -0.15) is 0 Å². The summed E-state index contributed by atoms with van der Waals surface area (Å²) in [5.74, 6) is -0.709. The van der Waals surface area contributed by atoms with E-state index in [9.17, 15) is 8.78 Å². The summed E-state index contributed by atoms with van der Waals surface area (Å²) in [5, 5.41) is 5.20. The largest absolute Gasteiger partial charge is 0.491 e. The molecule has 1 aromatic heterocycles. The molecule has 0 radical (unpaired) electrons. The summed E-state index contributed by atoms with van der Waals surface area (Å²) < 4.78 is 37.9. The maximum absolute atomic E-state index is 13.9. The van der Waals surface area contributed by atoms with Crippen molar-refractivity contribution in [3.05, 3.63) is 47.0 Å². The second kappa shape index (κ2) is 6.22. The molecule has 0 atom stereocenters. The van der Waals surface area contributed by atoms with Crippen molar-refractivity contribution in [3.8, 4) is 17.0 Å². The van der Waals surface area contributed by atoms with Crippen molar-refractivity contribution in [2.75, 3.05) is 11.9 Å². The van der Waals surface area contributed by atoms with Gasteiger partial charge in [0.15, 0.2) is 5.58 Å². The Morgan fingerprint density at radius 2 is 2.05 bits per heavy atom. The maximum atomic E-state index is 13.9. The lowest BCUT2D eigenvalue weighted by Crippen LogP contribution is -1.98. The Hall–Kier alpha value is -1.66. The van der Waals surface area contributed by atoms with Crippen LogP contribution in [0.2, 0.25) is 5.02 Å². The van der Waals surface area contributed by atoms with E-state index in [-0.39, 0.29) is 21.9 Å². The second-order valence-electron chi connectivity index (χ2n) is 4.45. The van der Waals surface area contributed by atoms with Crippen LogP contribution < -0.4 is 4.74 Å². The fourth-order valence-corrected chi connectivity index (χ4v) is 2.50. The number of benzene rings is 2. The van der Waals surface area contributed by atoms with Gasteiger partial charge < -0.3 is 9.26 Å². The van der Waals surface area contributed by atoms with E-state index in [4.69, 9.17) is 20.9 Å². The molecule has 0 N–H and O–H groups in total. The Labute approximate surface area is 137 Å². The number of fused-ring (bicyclic) bond motifs is 1. The lowest BCUT2D eigenvalue weighted by Gasteiger charge is -2.06. The zero-order valence-corrected chi connectivity index (χ0v) is 13.4. The van der Waals surface area contributed by atoms with E-state index in [1.165, 1.54) is 0 Å². The molecule has 114 valence electrons. The van der Waals surface area contributed by atoms with Gasteiger partial charge in [-0.1, -0.05) is 32.7 Å². The van der Waals surface area contributed by atoms with Gasteiger partial charge in [-0.05, 0) is 30.3 Å². The Morgan fingerprint density at radius 3 is 2.82 bits per heavy atom. The summed E-state index contributed by atoms with van der Waals surface area (Å²) in [6.45, 7) is 0.435. The number of ether oxygens (including phenoxy) is 1. The molecule has 22 heavy (non-hydrogen) atoms. The average molecular weight is 389 g/mol. The summed E-state index contributed by atoms with van der Waals surface area (Å²) in [6, 6.07) is 6.45. The third kappa shape index (κ3) is 2.68. The van der Waals surface area contributed by atoms with Crippen molar-refractivity contribution in [3.63, 3.8) is 0 Å². The van der Waals surface area contributed by atoms with Gasteiger partial charge in [0.2, 0.25) is 0 Å². The van der Waals surface area contributed by atoms with Gasteiger partial charge in [-0.15, -0.1) is 0 Å². The molecule has 0 fully saturated rings. The first-order valence-corrected chi connectivity index (χ1v) is 7.84. The van der Waals surface area contributed by atoms with Crippen molar-refractivity contribution >= 4 is 38.5 Å². The number of halogens is 4. The van der Waals surface area contributed by atoms with E-state index in [0.29, 0.717) is 23.1 Å². The smallest absolute Gasteiger partial charge is 0.189 e. The molecule has 0 saturated carbocycles. The van der Waals surface area contributed by atoms with E-state index in [1.54, 1.807) is 12.1 Å². The highest BCUT2D eigenvalue weighted by Crippen LogP contribution is 2.38. The van der Waals surface area contributed by atoms with Crippen LogP contribution in [0.15, 0.2) is 34.9 Å². The Kier molecular flexibility index (Phi) is 4.31. The third-order valence-corrected chi connectivity index (χ3v) is 3.74. The van der Waals surface area contributed by atoms with Crippen LogP contribution in [0.25, 0.3) is 22.2 Å². The van der Waals surface area contributed by atoms with Gasteiger partial charge in [0.25, 0.3) is 0 Å². The topological polar surface area (TPSA) is 35.3 Å². The zero-order valence-electron chi connectivity index (χ0n) is 11.1. The molecule has 0 aliphatic heterocycles. The molecule has 0 aliphatic carbocycles. The van der Waals surface area contributed by atoms with Crippen molar-refractivity contribution in [2.45, 2.75) is 0 Å². The predicted molar refractivity (Wildman–Crippen MR) is 83.7 cm³/mol. The van der Waals surface area contributed by atoms with Crippen LogP contribution >= 0.6 is 27.5 Å². The van der Waals surface area contributed by atoms with Gasteiger partial charge in [-0.25, -0.2) is 8.78 Å². The number of nitrogens with zero attached hydrogens (tertiary/aromatic N) is 1. The molecule has 0 aliphatic rings. The number of hydrogen-bond acceptors (Lipinski definition) is 3. The van der Waals surface area contributed by atoms with E-state index in [1.807, 2.05) is 0 Å². The number of rotatable bonds is 4. The SMILES string of the molecule is Fc1ccc(F)c(-c2noc3c(Cl)c(OCCBr)ccc23)c1. The van der Waals surface area contributed by atoms with Gasteiger partial charge in [0, 0.05) is 10.9 Å². The molecule has 7 heteroatoms. The maximum Gasteiger partial charge on any atom is 0.189 e. The van der Waals surface area contributed by atoms with Crippen LogP contribution in [0.5, 0.6) is 5.75 Å². The van der Waals surface area contributed by atoms with E-state index >= 15 is 0 Å². The van der Waals surface area contributed by atoms with Crippen molar-refractivity contribution in [1.29, 1.82) is 0 Å². The lowest BCUT2D eigenvalue weighted by molar-refractivity contribution is 0.344. The van der Waals surface area contributed by atoms with Crippen LogP contribution in [-0.2, 0) is 0 Å². The van der Waals surface area contributed by atoms with Crippen LogP contribution in [0, 0.1) is 11.6 Å². The third-order valence-electron chi connectivity index (χ3n) is 3.06. The van der Waals surface area contributed by atoms with E-state index in [2.05, 4.69) is 21.1 Å². The van der Waals surface area contributed by atoms with Gasteiger partial charge >= 0.3 is 0 Å². The minimum atomic E-state index is -0.590. The molecule has 1 heterocycles. The summed E-state index contributed by atoms with van der Waals surface area (Å²) in [6.07, 6.45) is 0. The number of alkyl halides is 1. The second-order valence-corrected chi connectivity index (χ2v) is 5.62. The van der Waals surface area contributed by atoms with Crippen LogP contribution in [0.4, 0.5) is 8.78 Å². The quantitative estimate of drug-likeness (QED) is 0.576. The minimum absolute atomic E-state index is 0.0175. The molecule has 2 aromatic carbocycles. The standard InChI is InChI=1S/C15H9BrClF2NO2/c16-5-6-21-12-4-2-9-14(20-22-15(9)13(12)17)10-7-8(18)1-3-11(10)19/h1-4,7H,5-6H2. The molecule has 0 unspecified atom stereocenters. The summed E-state index contributed by atoms with van der Waals surface area (Å²) in [4.78, 5) is 0. The minimum Gasteiger partial charge on any atom is -0.491 e. The predicted octanol–water partition coefficient (Wildman–Crippen LogP) is 5.20. The summed E-state index contributed by atoms with van der Waals surface area (Å²) >= 11 is 9.46. The summed E-state index contributed by atoms with van der Waals surface area (Å²) in [7, 11) is 0. The first kappa shape index (κ1) is 15.2. The lowest BCUT2D eigenvalue weighted by atomic mass is 10.1. The van der Waals surface area contributed by atoms with Crippen LogP contribution in [0.3, 0.4) is 0 Å². The first-order valence-electron chi connectivity index (χ1n) is 6.34. The molecular weight excluding hydrogens is 380 g/mol. The highest BCUT2D eigenvalue weighted by atomic mass is 79.9. The highest BCUT2D eigenvalue weighted by Gasteiger charge is 2.19. The van der Waals surface area contributed by atoms with E-state index in [0.717, 1.165) is 18.2 Å². The fraction of sp³-hybridized carbons (Fsp3) is 0.133. The van der Waals surface area contributed by atoms with Crippen LogP contribution in [0.1, 0.15) is 0 Å². The Balaban J connectivity index is 2.13. The number of aromatic nitrogens is 1.